The SMILES string of the molecule is Cc1nc(C(=O)N2CCC[C@@]3(CCC(=O)N(Cc4ccncc4)C3)C2)cs1. The van der Waals surface area contributed by atoms with Crippen LogP contribution in [0.5, 0.6) is 0 Å². The molecule has 2 amide bonds. The molecule has 4 heterocycles. The molecule has 0 saturated carbocycles. The third kappa shape index (κ3) is 3.88. The van der Waals surface area contributed by atoms with Gasteiger partial charge in [-0.05, 0) is 43.9 Å². The molecule has 0 aliphatic carbocycles. The Morgan fingerprint density at radius 2 is 2.07 bits per heavy atom. The lowest BCUT2D eigenvalue weighted by Gasteiger charge is -2.48. The molecule has 0 aromatic carbocycles. The summed E-state index contributed by atoms with van der Waals surface area (Å²) in [4.78, 5) is 37.7. The fraction of sp³-hybridized carbons (Fsp3) is 0.500. The summed E-state index contributed by atoms with van der Waals surface area (Å²) in [5, 5.41) is 2.76. The maximum Gasteiger partial charge on any atom is 0.273 e. The molecule has 2 fully saturated rings. The largest absolute Gasteiger partial charge is 0.338 e. The van der Waals surface area contributed by atoms with Gasteiger partial charge in [-0.2, -0.15) is 0 Å². The standard InChI is InChI=1S/C20H24N4O2S/c1-15-22-17(12-27-15)19(26)23-10-2-6-20(13-23)7-3-18(25)24(14-20)11-16-4-8-21-9-5-16/h4-5,8-9,12H,2-3,6-7,10-11,13-14H2,1H3/t20-/m1/s1. The molecule has 27 heavy (non-hydrogen) atoms. The van der Waals surface area contributed by atoms with E-state index >= 15 is 0 Å². The number of aryl methyl sites for hydroxylation is 1. The van der Waals surface area contributed by atoms with Crippen LogP contribution in [0.3, 0.4) is 0 Å². The van der Waals surface area contributed by atoms with Crippen molar-refractivity contribution in [2.24, 2.45) is 5.41 Å². The number of likely N-dealkylation sites (tertiary alicyclic amines) is 2. The third-order valence-corrected chi connectivity index (χ3v) is 6.43. The van der Waals surface area contributed by atoms with E-state index in [0.717, 1.165) is 36.4 Å². The lowest BCUT2D eigenvalue weighted by Crippen LogP contribution is -2.54. The van der Waals surface area contributed by atoms with Crippen LogP contribution in [-0.4, -0.2) is 51.2 Å². The molecule has 6 nitrogen and oxygen atoms in total. The van der Waals surface area contributed by atoms with Gasteiger partial charge in [-0.1, -0.05) is 0 Å². The minimum atomic E-state index is -0.0000829. The van der Waals surface area contributed by atoms with Crippen molar-refractivity contribution in [3.63, 3.8) is 0 Å². The summed E-state index contributed by atoms with van der Waals surface area (Å²) in [6.07, 6.45) is 6.98. The zero-order valence-electron chi connectivity index (χ0n) is 15.6. The Morgan fingerprint density at radius 1 is 1.26 bits per heavy atom. The monoisotopic (exact) mass is 384 g/mol. The summed E-state index contributed by atoms with van der Waals surface area (Å²) >= 11 is 1.51. The predicted molar refractivity (Wildman–Crippen MR) is 103 cm³/mol. The molecular formula is C20H24N4O2S. The number of nitrogens with zero attached hydrogens (tertiary/aromatic N) is 4. The molecular weight excluding hydrogens is 360 g/mol. The van der Waals surface area contributed by atoms with Gasteiger partial charge in [0.2, 0.25) is 5.91 Å². The minimum absolute atomic E-state index is 0.0000829. The summed E-state index contributed by atoms with van der Waals surface area (Å²) in [7, 11) is 0. The topological polar surface area (TPSA) is 66.4 Å². The second-order valence-corrected chi connectivity index (χ2v) is 8.75. The number of carbonyl (C=O) groups is 2. The highest BCUT2D eigenvalue weighted by Gasteiger charge is 2.43. The van der Waals surface area contributed by atoms with E-state index in [4.69, 9.17) is 0 Å². The molecule has 1 atom stereocenters. The number of carbonyl (C=O) groups excluding carboxylic acids is 2. The number of rotatable bonds is 3. The van der Waals surface area contributed by atoms with Crippen molar-refractivity contribution in [3.8, 4) is 0 Å². The lowest BCUT2D eigenvalue weighted by molar-refractivity contribution is -0.139. The zero-order valence-corrected chi connectivity index (χ0v) is 16.4. The van der Waals surface area contributed by atoms with Gasteiger partial charge < -0.3 is 9.80 Å². The van der Waals surface area contributed by atoms with E-state index in [-0.39, 0.29) is 17.2 Å². The summed E-state index contributed by atoms with van der Waals surface area (Å²) < 4.78 is 0. The normalized spacial score (nSPS) is 23.1. The Labute approximate surface area is 163 Å². The van der Waals surface area contributed by atoms with Gasteiger partial charge >= 0.3 is 0 Å². The summed E-state index contributed by atoms with van der Waals surface area (Å²) in [5.74, 6) is 0.229. The molecule has 2 aliphatic rings. The van der Waals surface area contributed by atoms with Gasteiger partial charge in [-0.25, -0.2) is 4.98 Å². The number of hydrogen-bond acceptors (Lipinski definition) is 5. The molecule has 2 aromatic rings. The predicted octanol–water partition coefficient (Wildman–Crippen LogP) is 2.89. The summed E-state index contributed by atoms with van der Waals surface area (Å²) in [6, 6.07) is 3.91. The number of aromatic nitrogens is 2. The van der Waals surface area contributed by atoms with E-state index in [1.807, 2.05) is 34.2 Å². The number of hydrogen-bond donors (Lipinski definition) is 0. The lowest BCUT2D eigenvalue weighted by atomic mass is 9.73. The van der Waals surface area contributed by atoms with E-state index in [2.05, 4.69) is 9.97 Å². The van der Waals surface area contributed by atoms with Gasteiger partial charge in [0.05, 0.1) is 5.01 Å². The van der Waals surface area contributed by atoms with Crippen LogP contribution in [0.25, 0.3) is 0 Å². The van der Waals surface area contributed by atoms with Gasteiger partial charge in [0, 0.05) is 55.8 Å². The van der Waals surface area contributed by atoms with E-state index in [1.165, 1.54) is 11.3 Å². The maximum absolute atomic E-state index is 12.9. The van der Waals surface area contributed by atoms with Gasteiger partial charge in [-0.15, -0.1) is 11.3 Å². The van der Waals surface area contributed by atoms with Crippen molar-refractivity contribution in [3.05, 3.63) is 46.2 Å². The van der Waals surface area contributed by atoms with E-state index in [0.29, 0.717) is 31.7 Å². The van der Waals surface area contributed by atoms with Gasteiger partial charge in [0.15, 0.2) is 0 Å². The van der Waals surface area contributed by atoms with E-state index < -0.39 is 0 Å². The van der Waals surface area contributed by atoms with Gasteiger partial charge in [0.1, 0.15) is 5.69 Å². The van der Waals surface area contributed by atoms with Crippen LogP contribution in [0.15, 0.2) is 29.9 Å². The fourth-order valence-electron chi connectivity index (χ4n) is 4.29. The number of pyridine rings is 1. The highest BCUT2D eigenvalue weighted by molar-refractivity contribution is 7.09. The molecule has 0 bridgehead atoms. The Kier molecular flexibility index (Phi) is 4.95. The average molecular weight is 385 g/mol. The summed E-state index contributed by atoms with van der Waals surface area (Å²) in [6.45, 7) is 4.73. The quantitative estimate of drug-likeness (QED) is 0.816. The first-order valence-corrected chi connectivity index (χ1v) is 10.3. The first-order chi connectivity index (χ1) is 13.0. The molecule has 0 N–H and O–H groups in total. The molecule has 0 radical (unpaired) electrons. The van der Waals surface area contributed by atoms with Gasteiger partial charge in [0.25, 0.3) is 5.91 Å². The smallest absolute Gasteiger partial charge is 0.273 e. The Bertz CT molecular complexity index is 838. The van der Waals surface area contributed by atoms with Crippen LogP contribution in [0.2, 0.25) is 0 Å². The average Bonchev–Trinajstić information content (AvgIpc) is 3.12. The Morgan fingerprint density at radius 3 is 2.81 bits per heavy atom. The molecule has 2 aromatic heterocycles. The van der Waals surface area contributed by atoms with Crippen LogP contribution in [0.4, 0.5) is 0 Å². The van der Waals surface area contributed by atoms with Crippen molar-refractivity contribution < 1.29 is 9.59 Å². The number of thiazole rings is 1. The van der Waals surface area contributed by atoms with Crippen molar-refractivity contribution >= 4 is 23.2 Å². The molecule has 2 saturated heterocycles. The van der Waals surface area contributed by atoms with E-state index in [1.54, 1.807) is 12.4 Å². The minimum Gasteiger partial charge on any atom is -0.338 e. The molecule has 142 valence electrons. The third-order valence-electron chi connectivity index (χ3n) is 5.66. The van der Waals surface area contributed by atoms with Crippen LogP contribution in [0, 0.1) is 12.3 Å². The van der Waals surface area contributed by atoms with Crippen molar-refractivity contribution in [1.29, 1.82) is 0 Å². The maximum atomic E-state index is 12.9. The van der Waals surface area contributed by atoms with Crippen LogP contribution in [0.1, 0.15) is 46.7 Å². The van der Waals surface area contributed by atoms with E-state index in [9.17, 15) is 9.59 Å². The van der Waals surface area contributed by atoms with Crippen molar-refractivity contribution in [2.45, 2.75) is 39.2 Å². The first kappa shape index (κ1) is 18.1. The zero-order chi connectivity index (χ0) is 18.9. The second kappa shape index (κ2) is 7.38. The number of amides is 2. The fourth-order valence-corrected chi connectivity index (χ4v) is 4.88. The number of piperidine rings is 2. The van der Waals surface area contributed by atoms with Crippen LogP contribution < -0.4 is 0 Å². The van der Waals surface area contributed by atoms with Gasteiger partial charge in [-0.3, -0.25) is 14.6 Å². The molecule has 1 spiro atoms. The second-order valence-electron chi connectivity index (χ2n) is 7.69. The highest BCUT2D eigenvalue weighted by atomic mass is 32.1. The first-order valence-electron chi connectivity index (χ1n) is 9.43. The molecule has 2 aliphatic heterocycles. The molecule has 4 rings (SSSR count). The van der Waals surface area contributed by atoms with Crippen LogP contribution in [-0.2, 0) is 11.3 Å². The molecule has 7 heteroatoms. The summed E-state index contributed by atoms with van der Waals surface area (Å²) in [5.41, 5.74) is 1.65. The van der Waals surface area contributed by atoms with Crippen LogP contribution >= 0.6 is 11.3 Å². The van der Waals surface area contributed by atoms with Crippen molar-refractivity contribution in [2.75, 3.05) is 19.6 Å². The Balaban J connectivity index is 1.48. The highest BCUT2D eigenvalue weighted by Crippen LogP contribution is 2.39. The Hall–Kier alpha value is -2.28. The van der Waals surface area contributed by atoms with Crippen molar-refractivity contribution in [1.82, 2.24) is 19.8 Å². The molecule has 0 unspecified atom stereocenters.